The van der Waals surface area contributed by atoms with Crippen LogP contribution in [0.3, 0.4) is 0 Å². The zero-order chi connectivity index (χ0) is 34.7. The van der Waals surface area contributed by atoms with Crippen LogP contribution in [0.4, 0.5) is 0 Å². The number of hydrogen-bond acceptors (Lipinski definition) is 0. The molecule has 2 aliphatic rings. The molecular weight excluding hydrogens is 814 g/mol. The van der Waals surface area contributed by atoms with Crippen molar-refractivity contribution in [3.8, 4) is 11.1 Å². The second kappa shape index (κ2) is 20.7. The van der Waals surface area contributed by atoms with Crippen molar-refractivity contribution < 1.29 is 23.9 Å². The molecule has 0 fully saturated rings. The molecule has 4 aromatic carbocycles. The molecule has 0 spiro atoms. The standard InChI is InChI=1S/C21H25.C21H26.C5H5.2ClH.Hf/c1-20(2,3)16-7-9-18-14(12-16)11-15-13-17(21(4,5)6)8-10-19(15)18;1-3-5-7-18-9-13-20(14-10-18)17-21-15-11-19(12-16-21)8-6-4-2;1-2-4-5-3-1;;;/h7-10,12H,11H2,1-6H3;9-16H,3-8H2,1-2H3;1-3H,4H2;2*1H;/q-1;;-1;;;+2. The van der Waals surface area contributed by atoms with Crippen molar-refractivity contribution in [3.63, 3.8) is 0 Å². The van der Waals surface area contributed by atoms with Crippen molar-refractivity contribution in [2.75, 3.05) is 0 Å². The van der Waals surface area contributed by atoms with Crippen LogP contribution >= 0.6 is 24.8 Å². The Bertz CT molecular complexity index is 1570. The van der Waals surface area contributed by atoms with Gasteiger partial charge in [0.05, 0.1) is 0 Å². The molecular formula is C47H58Cl2Hf. The van der Waals surface area contributed by atoms with Gasteiger partial charge in [-0.15, -0.1) is 42.4 Å². The van der Waals surface area contributed by atoms with E-state index in [0.29, 0.717) is 0 Å². The largest absolute Gasteiger partial charge is 0.273 e. The minimum Gasteiger partial charge on any atom is -0.273 e. The van der Waals surface area contributed by atoms with E-state index in [-0.39, 0.29) is 35.6 Å². The summed E-state index contributed by atoms with van der Waals surface area (Å²) < 4.78 is 1.50. The fraction of sp³-hybridized carbons (Fsp3) is 0.383. The molecule has 50 heavy (non-hydrogen) atoms. The average Bonchev–Trinajstić information content (AvgIpc) is 3.78. The molecule has 0 saturated heterocycles. The smallest absolute Gasteiger partial charge is 0.109 e. The van der Waals surface area contributed by atoms with Crippen molar-refractivity contribution in [2.24, 2.45) is 0 Å². The molecule has 0 aromatic heterocycles. The van der Waals surface area contributed by atoms with Crippen LogP contribution in [0.15, 0.2) is 97.1 Å². The Kier molecular flexibility index (Phi) is 18.1. The monoisotopic (exact) mass is 872 g/mol. The Balaban J connectivity index is 0.000000293. The van der Waals surface area contributed by atoms with Crippen molar-refractivity contribution in [1.29, 1.82) is 0 Å². The van der Waals surface area contributed by atoms with Crippen molar-refractivity contribution in [2.45, 2.75) is 118 Å². The molecule has 0 unspecified atom stereocenters. The first kappa shape index (κ1) is 43.8. The summed E-state index contributed by atoms with van der Waals surface area (Å²) in [6.07, 6.45) is 18.6. The maximum Gasteiger partial charge on any atom is -0.109 e. The van der Waals surface area contributed by atoms with Gasteiger partial charge in [-0.1, -0.05) is 65.3 Å². The molecule has 0 saturated carbocycles. The van der Waals surface area contributed by atoms with Gasteiger partial charge in [0.15, 0.2) is 0 Å². The maximum absolute atomic E-state index is 3.67. The van der Waals surface area contributed by atoms with Gasteiger partial charge in [-0.2, -0.15) is 29.8 Å². The SMILES string of the molecule is CC(C)(C)c1[c-]c2c(cc1)-c1ccc(C(C)(C)C)cc1C2.CCCCc1ccc([C](=[Hf+2])c2ccc(CCCC)cc2)cc1.Cl.Cl.[C-]1=CC=CC1. The molecule has 0 amide bonds. The normalized spacial score (nSPS) is 12.4. The van der Waals surface area contributed by atoms with Gasteiger partial charge in [-0.05, 0) is 28.4 Å². The molecule has 0 nitrogen and oxygen atoms in total. The summed E-state index contributed by atoms with van der Waals surface area (Å²) in [4.78, 5) is 0. The Morgan fingerprint density at radius 1 is 0.680 bits per heavy atom. The van der Waals surface area contributed by atoms with E-state index in [4.69, 9.17) is 0 Å². The first-order valence-electron chi connectivity index (χ1n) is 18.1. The van der Waals surface area contributed by atoms with E-state index in [9.17, 15) is 0 Å². The third-order valence-electron chi connectivity index (χ3n) is 9.17. The Labute approximate surface area is 332 Å². The summed E-state index contributed by atoms with van der Waals surface area (Å²) in [5.74, 6) is 0. The zero-order valence-corrected chi connectivity index (χ0v) is 36.9. The van der Waals surface area contributed by atoms with Gasteiger partial charge in [0.2, 0.25) is 0 Å². The fourth-order valence-corrected chi connectivity index (χ4v) is 7.17. The summed E-state index contributed by atoms with van der Waals surface area (Å²) in [5.41, 5.74) is 14.4. The second-order valence-corrected chi connectivity index (χ2v) is 17.1. The number of benzene rings is 4. The van der Waals surface area contributed by atoms with Crippen LogP contribution in [0, 0.1) is 12.1 Å². The van der Waals surface area contributed by atoms with E-state index < -0.39 is 0 Å². The van der Waals surface area contributed by atoms with Crippen molar-refractivity contribution in [3.05, 3.63) is 154 Å². The third-order valence-corrected chi connectivity index (χ3v) is 11.2. The predicted molar refractivity (Wildman–Crippen MR) is 220 cm³/mol. The number of allylic oxidation sites excluding steroid dienone is 4. The first-order chi connectivity index (χ1) is 22.9. The Hall–Kier alpha value is -2.32. The average molecular weight is 872 g/mol. The van der Waals surface area contributed by atoms with Crippen LogP contribution < -0.4 is 0 Å². The fourth-order valence-electron chi connectivity index (χ4n) is 5.97. The van der Waals surface area contributed by atoms with Crippen LogP contribution in [0.5, 0.6) is 0 Å². The number of aryl methyl sites for hydroxylation is 2. The number of unbranched alkanes of at least 4 members (excludes halogenated alkanes) is 2. The van der Waals surface area contributed by atoms with Crippen LogP contribution in [0.25, 0.3) is 11.1 Å². The topological polar surface area (TPSA) is 0 Å². The zero-order valence-electron chi connectivity index (χ0n) is 31.7. The molecule has 0 aliphatic heterocycles. The van der Waals surface area contributed by atoms with Gasteiger partial charge in [0.25, 0.3) is 0 Å². The van der Waals surface area contributed by atoms with Gasteiger partial charge >= 0.3 is 150 Å². The minimum absolute atomic E-state index is 0. The first-order valence-corrected chi connectivity index (χ1v) is 19.9. The van der Waals surface area contributed by atoms with E-state index in [2.05, 4.69) is 152 Å². The number of hydrogen-bond donors (Lipinski definition) is 0. The number of rotatable bonds is 8. The van der Waals surface area contributed by atoms with E-state index >= 15 is 0 Å². The number of fused-ring (bicyclic) bond motifs is 3. The summed E-state index contributed by atoms with van der Waals surface area (Å²) in [6, 6.07) is 33.6. The molecule has 4 aromatic rings. The van der Waals surface area contributed by atoms with Crippen molar-refractivity contribution in [1.82, 2.24) is 0 Å². The Morgan fingerprint density at radius 2 is 1.22 bits per heavy atom. The van der Waals surface area contributed by atoms with Crippen LogP contribution in [-0.2, 0) is 54.0 Å². The van der Waals surface area contributed by atoms with Gasteiger partial charge < -0.3 is 0 Å². The molecule has 0 atom stereocenters. The maximum atomic E-state index is 3.67. The van der Waals surface area contributed by atoms with E-state index in [1.165, 1.54) is 97.4 Å². The summed E-state index contributed by atoms with van der Waals surface area (Å²) in [6.45, 7) is 18.1. The molecule has 0 bridgehead atoms. The van der Waals surface area contributed by atoms with Gasteiger partial charge in [-0.3, -0.25) is 6.08 Å². The Morgan fingerprint density at radius 3 is 1.64 bits per heavy atom. The summed E-state index contributed by atoms with van der Waals surface area (Å²) in [5, 5.41) is 0. The molecule has 0 N–H and O–H groups in total. The molecule has 0 heterocycles. The van der Waals surface area contributed by atoms with E-state index in [1.807, 2.05) is 12.2 Å². The molecule has 6 rings (SSSR count). The molecule has 264 valence electrons. The van der Waals surface area contributed by atoms with Gasteiger partial charge in [0, 0.05) is 0 Å². The summed E-state index contributed by atoms with van der Waals surface area (Å²) in [7, 11) is 0. The minimum atomic E-state index is 0. The predicted octanol–water partition coefficient (Wildman–Crippen LogP) is 13.3. The van der Waals surface area contributed by atoms with Gasteiger partial charge in [-0.25, -0.2) is 12.2 Å². The van der Waals surface area contributed by atoms with Crippen molar-refractivity contribution >= 4 is 28.1 Å². The van der Waals surface area contributed by atoms with Crippen LogP contribution in [0.2, 0.25) is 0 Å². The third kappa shape index (κ3) is 12.7. The van der Waals surface area contributed by atoms with Gasteiger partial charge in [0.1, 0.15) is 0 Å². The summed E-state index contributed by atoms with van der Waals surface area (Å²) >= 11 is 1.08. The number of halogens is 2. The van der Waals surface area contributed by atoms with E-state index in [0.717, 1.165) is 36.7 Å². The molecule has 0 radical (unpaired) electrons. The van der Waals surface area contributed by atoms with E-state index in [1.54, 1.807) is 0 Å². The van der Waals surface area contributed by atoms with Crippen LogP contribution in [0.1, 0.15) is 132 Å². The molecule has 3 heteroatoms. The van der Waals surface area contributed by atoms with Crippen LogP contribution in [-0.4, -0.2) is 3.26 Å². The quantitative estimate of drug-likeness (QED) is 0.108. The second-order valence-electron chi connectivity index (χ2n) is 15.3. The molecule has 2 aliphatic carbocycles.